The van der Waals surface area contributed by atoms with Gasteiger partial charge in [0.05, 0.1) is 5.69 Å². The van der Waals surface area contributed by atoms with Gasteiger partial charge in [-0.05, 0) is 32.4 Å². The minimum absolute atomic E-state index is 0.0565. The minimum Gasteiger partial charge on any atom is -0.361 e. The highest BCUT2D eigenvalue weighted by Gasteiger charge is 2.11. The smallest absolute Gasteiger partial charge is 0.251 e. The van der Waals surface area contributed by atoms with Crippen LogP contribution < -0.4 is 10.6 Å². The molecule has 122 valence electrons. The molecule has 0 atom stereocenters. The summed E-state index contributed by atoms with van der Waals surface area (Å²) >= 11 is 0. The molecular formula is C17H21N3O3. The zero-order chi connectivity index (χ0) is 16.7. The summed E-state index contributed by atoms with van der Waals surface area (Å²) in [6.45, 7) is 4.50. The molecule has 0 bridgehead atoms. The molecule has 2 aromatic rings. The summed E-state index contributed by atoms with van der Waals surface area (Å²) in [6.07, 6.45) is 0.971. The van der Waals surface area contributed by atoms with Crippen molar-refractivity contribution in [1.29, 1.82) is 0 Å². The fourth-order valence-corrected chi connectivity index (χ4v) is 2.26. The van der Waals surface area contributed by atoms with Gasteiger partial charge in [0, 0.05) is 30.6 Å². The first-order valence-corrected chi connectivity index (χ1v) is 7.59. The molecule has 0 spiro atoms. The predicted octanol–water partition coefficient (Wildman–Crippen LogP) is 1.77. The molecule has 0 saturated carbocycles. The fraction of sp³-hybridized carbons (Fsp3) is 0.353. The number of aromatic nitrogens is 1. The van der Waals surface area contributed by atoms with Gasteiger partial charge in [0.15, 0.2) is 0 Å². The topological polar surface area (TPSA) is 84.2 Å². The third-order valence-electron chi connectivity index (χ3n) is 3.55. The average molecular weight is 315 g/mol. The van der Waals surface area contributed by atoms with Crippen LogP contribution in [0.15, 0.2) is 34.9 Å². The van der Waals surface area contributed by atoms with Crippen molar-refractivity contribution < 1.29 is 14.1 Å². The van der Waals surface area contributed by atoms with Crippen molar-refractivity contribution >= 4 is 11.8 Å². The highest BCUT2D eigenvalue weighted by molar-refractivity contribution is 5.94. The first-order chi connectivity index (χ1) is 11.1. The largest absolute Gasteiger partial charge is 0.361 e. The van der Waals surface area contributed by atoms with Crippen molar-refractivity contribution in [1.82, 2.24) is 15.8 Å². The number of benzene rings is 1. The molecule has 6 heteroatoms. The Morgan fingerprint density at radius 3 is 2.43 bits per heavy atom. The summed E-state index contributed by atoms with van der Waals surface area (Å²) in [6, 6.07) is 8.97. The summed E-state index contributed by atoms with van der Waals surface area (Å²) in [4.78, 5) is 23.6. The van der Waals surface area contributed by atoms with Crippen LogP contribution in [0.3, 0.4) is 0 Å². The number of aryl methyl sites for hydroxylation is 2. The maximum Gasteiger partial charge on any atom is 0.251 e. The quantitative estimate of drug-likeness (QED) is 0.763. The fourth-order valence-electron chi connectivity index (χ4n) is 2.26. The van der Waals surface area contributed by atoms with E-state index in [1.54, 1.807) is 12.1 Å². The van der Waals surface area contributed by atoms with Crippen LogP contribution in [0.5, 0.6) is 0 Å². The Hall–Kier alpha value is -2.63. The van der Waals surface area contributed by atoms with Crippen LogP contribution in [0.2, 0.25) is 0 Å². The number of nitrogens with zero attached hydrogens (tertiary/aromatic N) is 1. The van der Waals surface area contributed by atoms with Gasteiger partial charge in [0.1, 0.15) is 5.76 Å². The molecule has 0 aliphatic rings. The monoisotopic (exact) mass is 315 g/mol. The van der Waals surface area contributed by atoms with Gasteiger partial charge in [-0.15, -0.1) is 0 Å². The average Bonchev–Trinajstić information content (AvgIpc) is 2.88. The molecule has 0 fully saturated rings. The summed E-state index contributed by atoms with van der Waals surface area (Å²) in [5.41, 5.74) is 2.42. The Labute approximate surface area is 135 Å². The van der Waals surface area contributed by atoms with Crippen LogP contribution in [0.25, 0.3) is 0 Å². The predicted molar refractivity (Wildman–Crippen MR) is 86.1 cm³/mol. The molecule has 6 nitrogen and oxygen atoms in total. The van der Waals surface area contributed by atoms with E-state index in [0.29, 0.717) is 31.5 Å². The lowest BCUT2D eigenvalue weighted by molar-refractivity contribution is -0.121. The lowest BCUT2D eigenvalue weighted by atomic mass is 10.1. The Balaban J connectivity index is 1.64. The van der Waals surface area contributed by atoms with Crippen molar-refractivity contribution in [2.75, 3.05) is 13.1 Å². The summed E-state index contributed by atoms with van der Waals surface area (Å²) < 4.78 is 5.07. The van der Waals surface area contributed by atoms with Gasteiger partial charge in [0.25, 0.3) is 5.91 Å². The first kappa shape index (κ1) is 16.7. The second-order valence-corrected chi connectivity index (χ2v) is 5.27. The van der Waals surface area contributed by atoms with Gasteiger partial charge in [0.2, 0.25) is 5.91 Å². The number of hydrogen-bond donors (Lipinski definition) is 2. The van der Waals surface area contributed by atoms with Crippen molar-refractivity contribution in [3.8, 4) is 0 Å². The van der Waals surface area contributed by atoms with Crippen molar-refractivity contribution in [3.63, 3.8) is 0 Å². The Bertz CT molecular complexity index is 645. The summed E-state index contributed by atoms with van der Waals surface area (Å²) in [5, 5.41) is 9.41. The van der Waals surface area contributed by atoms with E-state index < -0.39 is 0 Å². The number of rotatable bonds is 7. The van der Waals surface area contributed by atoms with E-state index in [4.69, 9.17) is 4.52 Å². The van der Waals surface area contributed by atoms with E-state index >= 15 is 0 Å². The van der Waals surface area contributed by atoms with Crippen LogP contribution >= 0.6 is 0 Å². The van der Waals surface area contributed by atoms with Crippen LogP contribution in [-0.2, 0) is 11.2 Å². The SMILES string of the molecule is Cc1noc(C)c1CCC(=O)NCCNC(=O)c1ccccc1. The molecule has 0 aliphatic heterocycles. The molecule has 0 aliphatic carbocycles. The number of amides is 2. The van der Waals surface area contributed by atoms with E-state index in [1.165, 1.54) is 0 Å². The molecule has 1 aromatic carbocycles. The lowest BCUT2D eigenvalue weighted by Crippen LogP contribution is -2.34. The number of nitrogens with one attached hydrogen (secondary N) is 2. The molecule has 0 unspecified atom stereocenters. The Morgan fingerprint density at radius 1 is 1.09 bits per heavy atom. The van der Waals surface area contributed by atoms with Crippen molar-refractivity contribution in [3.05, 3.63) is 52.9 Å². The van der Waals surface area contributed by atoms with E-state index in [1.807, 2.05) is 32.0 Å². The zero-order valence-corrected chi connectivity index (χ0v) is 13.4. The summed E-state index contributed by atoms with van der Waals surface area (Å²) in [5.74, 6) is 0.556. The molecule has 2 rings (SSSR count). The molecule has 0 radical (unpaired) electrons. The van der Waals surface area contributed by atoms with Gasteiger partial charge >= 0.3 is 0 Å². The number of hydrogen-bond acceptors (Lipinski definition) is 4. The second kappa shape index (κ2) is 8.12. The lowest BCUT2D eigenvalue weighted by Gasteiger charge is -2.07. The van der Waals surface area contributed by atoms with Crippen LogP contribution in [0.4, 0.5) is 0 Å². The normalized spacial score (nSPS) is 10.3. The third kappa shape index (κ3) is 4.95. The van der Waals surface area contributed by atoms with Gasteiger partial charge in [-0.2, -0.15) is 0 Å². The maximum atomic E-state index is 11.8. The number of carbonyl (C=O) groups excluding carboxylic acids is 2. The highest BCUT2D eigenvalue weighted by Crippen LogP contribution is 2.13. The summed E-state index contributed by atoms with van der Waals surface area (Å²) in [7, 11) is 0. The maximum absolute atomic E-state index is 11.8. The number of carbonyl (C=O) groups is 2. The highest BCUT2D eigenvalue weighted by atomic mass is 16.5. The Kier molecular flexibility index (Phi) is 5.91. The van der Waals surface area contributed by atoms with Crippen LogP contribution in [0.1, 0.15) is 33.8 Å². The molecule has 23 heavy (non-hydrogen) atoms. The zero-order valence-electron chi connectivity index (χ0n) is 13.4. The molecule has 0 saturated heterocycles. The molecule has 1 aromatic heterocycles. The van der Waals surface area contributed by atoms with E-state index in [2.05, 4.69) is 15.8 Å². The van der Waals surface area contributed by atoms with Gasteiger partial charge in [-0.25, -0.2) is 0 Å². The van der Waals surface area contributed by atoms with Crippen LogP contribution in [-0.4, -0.2) is 30.1 Å². The first-order valence-electron chi connectivity index (χ1n) is 7.59. The van der Waals surface area contributed by atoms with Crippen molar-refractivity contribution in [2.24, 2.45) is 0 Å². The Morgan fingerprint density at radius 2 is 1.78 bits per heavy atom. The van der Waals surface area contributed by atoms with Gasteiger partial charge in [-0.3, -0.25) is 9.59 Å². The standard InChI is InChI=1S/C17H21N3O3/c1-12-15(13(2)23-20-12)8-9-16(21)18-10-11-19-17(22)14-6-4-3-5-7-14/h3-7H,8-11H2,1-2H3,(H,18,21)(H,19,22). The third-order valence-corrected chi connectivity index (χ3v) is 3.55. The van der Waals surface area contributed by atoms with E-state index in [0.717, 1.165) is 17.0 Å². The molecule has 2 N–H and O–H groups in total. The van der Waals surface area contributed by atoms with E-state index in [9.17, 15) is 9.59 Å². The van der Waals surface area contributed by atoms with E-state index in [-0.39, 0.29) is 11.8 Å². The second-order valence-electron chi connectivity index (χ2n) is 5.27. The van der Waals surface area contributed by atoms with Crippen molar-refractivity contribution in [2.45, 2.75) is 26.7 Å². The minimum atomic E-state index is -0.143. The van der Waals surface area contributed by atoms with Gasteiger partial charge in [-0.1, -0.05) is 23.4 Å². The molecule has 2 amide bonds. The van der Waals surface area contributed by atoms with Gasteiger partial charge < -0.3 is 15.2 Å². The molecule has 1 heterocycles. The van der Waals surface area contributed by atoms with Crippen LogP contribution in [0, 0.1) is 13.8 Å². The molecular weight excluding hydrogens is 294 g/mol.